The molecule has 15 heavy (non-hydrogen) atoms. The lowest BCUT2D eigenvalue weighted by atomic mass is 9.90. The fraction of sp³-hybridized carbons (Fsp3) is 1.00. The normalized spacial score (nSPS) is 25.8. The second kappa shape index (κ2) is 5.28. The van der Waals surface area contributed by atoms with Crippen molar-refractivity contribution in [2.75, 3.05) is 26.3 Å². The molecule has 1 aliphatic carbocycles. The fourth-order valence-corrected chi connectivity index (χ4v) is 2.87. The van der Waals surface area contributed by atoms with Crippen molar-refractivity contribution in [2.45, 2.75) is 44.7 Å². The molecule has 3 nitrogen and oxygen atoms in total. The quantitative estimate of drug-likeness (QED) is 0.745. The molecule has 0 bridgehead atoms. The molecular weight excluding hydrogens is 188 g/mol. The number of likely N-dealkylation sites (N-methyl/N-ethyl adjacent to an activating group) is 1. The summed E-state index contributed by atoms with van der Waals surface area (Å²) in [6.07, 6.45) is 5.16. The van der Waals surface area contributed by atoms with Gasteiger partial charge in [0.2, 0.25) is 0 Å². The summed E-state index contributed by atoms with van der Waals surface area (Å²) in [5.74, 6) is 0.768. The number of nitrogens with two attached hydrogens (primary N) is 1. The third kappa shape index (κ3) is 2.71. The zero-order chi connectivity index (χ0) is 10.7. The Bertz CT molecular complexity index is 188. The van der Waals surface area contributed by atoms with Crippen LogP contribution in [0.15, 0.2) is 0 Å². The minimum Gasteiger partial charge on any atom is -0.381 e. The third-order valence-electron chi connectivity index (χ3n) is 3.86. The number of hydrogen-bond acceptors (Lipinski definition) is 3. The first-order valence-corrected chi connectivity index (χ1v) is 6.40. The first kappa shape index (κ1) is 11.4. The summed E-state index contributed by atoms with van der Waals surface area (Å²) in [5.41, 5.74) is 5.96. The van der Waals surface area contributed by atoms with Gasteiger partial charge in [-0.05, 0) is 38.1 Å². The Morgan fingerprint density at radius 2 is 1.93 bits per heavy atom. The Balaban J connectivity index is 1.93. The van der Waals surface area contributed by atoms with Gasteiger partial charge in [0.1, 0.15) is 0 Å². The average molecular weight is 212 g/mol. The van der Waals surface area contributed by atoms with E-state index >= 15 is 0 Å². The van der Waals surface area contributed by atoms with Gasteiger partial charge in [-0.25, -0.2) is 0 Å². The fourth-order valence-electron chi connectivity index (χ4n) is 2.87. The molecule has 1 atom stereocenters. The highest BCUT2D eigenvalue weighted by atomic mass is 16.5. The largest absolute Gasteiger partial charge is 0.381 e. The molecule has 0 amide bonds. The predicted molar refractivity (Wildman–Crippen MR) is 61.8 cm³/mol. The summed E-state index contributed by atoms with van der Waals surface area (Å²) in [6.45, 7) is 6.10. The highest BCUT2D eigenvalue weighted by Crippen LogP contribution is 2.32. The predicted octanol–water partition coefficient (Wildman–Crippen LogP) is 1.22. The van der Waals surface area contributed by atoms with E-state index in [1.165, 1.54) is 25.7 Å². The smallest absolute Gasteiger partial charge is 0.0469 e. The second-order valence-electron chi connectivity index (χ2n) is 4.81. The van der Waals surface area contributed by atoms with Gasteiger partial charge >= 0.3 is 0 Å². The van der Waals surface area contributed by atoms with Crippen LogP contribution < -0.4 is 5.73 Å². The van der Waals surface area contributed by atoms with Crippen molar-refractivity contribution < 1.29 is 4.74 Å². The summed E-state index contributed by atoms with van der Waals surface area (Å²) in [6, 6.07) is 1.44. The van der Waals surface area contributed by atoms with Crippen molar-refractivity contribution in [3.8, 4) is 0 Å². The van der Waals surface area contributed by atoms with E-state index in [0.29, 0.717) is 6.04 Å². The van der Waals surface area contributed by atoms with Crippen LogP contribution in [-0.4, -0.2) is 43.3 Å². The molecule has 1 saturated heterocycles. The summed E-state index contributed by atoms with van der Waals surface area (Å²) < 4.78 is 5.42. The molecule has 0 aromatic rings. The van der Waals surface area contributed by atoms with Crippen molar-refractivity contribution in [3.63, 3.8) is 0 Å². The van der Waals surface area contributed by atoms with Crippen molar-refractivity contribution in [3.05, 3.63) is 0 Å². The zero-order valence-electron chi connectivity index (χ0n) is 9.82. The van der Waals surface area contributed by atoms with Crippen molar-refractivity contribution in [1.29, 1.82) is 0 Å². The van der Waals surface area contributed by atoms with Gasteiger partial charge in [0.05, 0.1) is 0 Å². The van der Waals surface area contributed by atoms with Gasteiger partial charge in [0.15, 0.2) is 0 Å². The lowest BCUT2D eigenvalue weighted by Gasteiger charge is -2.37. The van der Waals surface area contributed by atoms with Gasteiger partial charge < -0.3 is 10.5 Å². The van der Waals surface area contributed by atoms with Crippen LogP contribution in [0.2, 0.25) is 0 Å². The van der Waals surface area contributed by atoms with Gasteiger partial charge in [-0.2, -0.15) is 0 Å². The van der Waals surface area contributed by atoms with Crippen molar-refractivity contribution in [1.82, 2.24) is 4.90 Å². The molecule has 1 heterocycles. The molecule has 0 spiro atoms. The number of rotatable bonds is 5. The maximum Gasteiger partial charge on any atom is 0.0469 e. The molecule has 0 aromatic heterocycles. The van der Waals surface area contributed by atoms with E-state index < -0.39 is 0 Å². The van der Waals surface area contributed by atoms with Crippen LogP contribution in [0.4, 0.5) is 0 Å². The van der Waals surface area contributed by atoms with Crippen molar-refractivity contribution in [2.24, 2.45) is 11.7 Å². The van der Waals surface area contributed by atoms with Gasteiger partial charge in [0.25, 0.3) is 0 Å². The topological polar surface area (TPSA) is 38.5 Å². The van der Waals surface area contributed by atoms with Crippen LogP contribution in [0.1, 0.15) is 32.6 Å². The molecule has 1 unspecified atom stereocenters. The molecular formula is C12H24N2O. The van der Waals surface area contributed by atoms with Crippen LogP contribution in [-0.2, 0) is 4.74 Å². The Hall–Kier alpha value is -0.120. The molecule has 2 fully saturated rings. The van der Waals surface area contributed by atoms with E-state index in [4.69, 9.17) is 10.5 Å². The minimum atomic E-state index is 0.603. The van der Waals surface area contributed by atoms with E-state index in [0.717, 1.165) is 38.3 Å². The summed E-state index contributed by atoms with van der Waals surface area (Å²) in [5, 5.41) is 0. The first-order chi connectivity index (χ1) is 7.36. The Kier molecular flexibility index (Phi) is 4.00. The summed E-state index contributed by atoms with van der Waals surface area (Å²) in [4.78, 5) is 2.63. The van der Waals surface area contributed by atoms with Crippen LogP contribution in [0.3, 0.4) is 0 Å². The molecule has 3 heteroatoms. The zero-order valence-corrected chi connectivity index (χ0v) is 9.82. The highest BCUT2D eigenvalue weighted by molar-refractivity contribution is 4.91. The minimum absolute atomic E-state index is 0.603. The van der Waals surface area contributed by atoms with E-state index in [2.05, 4.69) is 11.8 Å². The van der Waals surface area contributed by atoms with Gasteiger partial charge in [-0.3, -0.25) is 4.90 Å². The Morgan fingerprint density at radius 1 is 1.27 bits per heavy atom. The first-order valence-electron chi connectivity index (χ1n) is 6.40. The maximum absolute atomic E-state index is 5.96. The Labute approximate surface area is 93.0 Å². The lowest BCUT2D eigenvalue weighted by molar-refractivity contribution is 0.0266. The van der Waals surface area contributed by atoms with Crippen LogP contribution in [0.5, 0.6) is 0 Å². The third-order valence-corrected chi connectivity index (χ3v) is 3.86. The highest BCUT2D eigenvalue weighted by Gasteiger charge is 2.36. The molecule has 0 aromatic carbocycles. The van der Waals surface area contributed by atoms with Gasteiger partial charge in [0, 0.05) is 31.8 Å². The maximum atomic E-state index is 5.96. The van der Waals surface area contributed by atoms with E-state index in [1.54, 1.807) is 0 Å². The number of ether oxygens (including phenoxy) is 1. The molecule has 0 radical (unpaired) electrons. The molecule has 2 N–H and O–H groups in total. The standard InChI is InChI=1S/C12H24N2O/c1-2-14(11-3-4-11)12(9-13)10-5-7-15-8-6-10/h10-12H,2-9,13H2,1H3. The molecule has 2 aliphatic rings. The van der Waals surface area contributed by atoms with Crippen LogP contribution >= 0.6 is 0 Å². The summed E-state index contributed by atoms with van der Waals surface area (Å²) >= 11 is 0. The lowest BCUT2D eigenvalue weighted by Crippen LogP contribution is -2.48. The van der Waals surface area contributed by atoms with E-state index in [9.17, 15) is 0 Å². The monoisotopic (exact) mass is 212 g/mol. The molecule has 1 saturated carbocycles. The number of nitrogens with zero attached hydrogens (tertiary/aromatic N) is 1. The van der Waals surface area contributed by atoms with Gasteiger partial charge in [-0.15, -0.1) is 0 Å². The molecule has 1 aliphatic heterocycles. The SMILES string of the molecule is CCN(C1CC1)C(CN)C1CCOCC1. The van der Waals surface area contributed by atoms with Crippen LogP contribution in [0, 0.1) is 5.92 Å². The average Bonchev–Trinajstić information content (AvgIpc) is 3.11. The Morgan fingerprint density at radius 3 is 2.40 bits per heavy atom. The van der Waals surface area contributed by atoms with Gasteiger partial charge in [-0.1, -0.05) is 6.92 Å². The van der Waals surface area contributed by atoms with E-state index in [1.807, 2.05) is 0 Å². The number of hydrogen-bond donors (Lipinski definition) is 1. The molecule has 88 valence electrons. The summed E-state index contributed by atoms with van der Waals surface area (Å²) in [7, 11) is 0. The molecule has 2 rings (SSSR count). The van der Waals surface area contributed by atoms with E-state index in [-0.39, 0.29) is 0 Å². The van der Waals surface area contributed by atoms with Crippen molar-refractivity contribution >= 4 is 0 Å². The second-order valence-corrected chi connectivity index (χ2v) is 4.81. The van der Waals surface area contributed by atoms with Crippen LogP contribution in [0.25, 0.3) is 0 Å².